The second kappa shape index (κ2) is 9.08. The van der Waals surface area contributed by atoms with E-state index < -0.39 is 0 Å². The minimum atomic E-state index is -0.171. The van der Waals surface area contributed by atoms with Crippen molar-refractivity contribution < 1.29 is 9.59 Å². The number of carbonyl (C=O) groups excluding carboxylic acids is 2. The number of amides is 2. The lowest BCUT2D eigenvalue weighted by Gasteiger charge is -2.28. The SMILES string of the molecule is O=C(/C=C/c1ccccc1)NCc1cnc2c(c1)CN(C(=O)Cn1cnnn1)CC2. The normalized spacial score (nSPS) is 13.3. The highest BCUT2D eigenvalue weighted by atomic mass is 16.2. The van der Waals surface area contributed by atoms with Crippen molar-refractivity contribution in [3.63, 3.8) is 0 Å². The second-order valence-corrected chi connectivity index (χ2v) is 6.98. The topological polar surface area (TPSA) is 106 Å². The zero-order valence-electron chi connectivity index (χ0n) is 16.3. The third kappa shape index (κ3) is 4.93. The van der Waals surface area contributed by atoms with Gasteiger partial charge in [-0.1, -0.05) is 30.3 Å². The van der Waals surface area contributed by atoms with E-state index in [0.29, 0.717) is 26.1 Å². The summed E-state index contributed by atoms with van der Waals surface area (Å²) < 4.78 is 1.41. The Kier molecular flexibility index (Phi) is 5.88. The summed E-state index contributed by atoms with van der Waals surface area (Å²) in [6.45, 7) is 1.58. The Morgan fingerprint density at radius 2 is 2.07 bits per heavy atom. The molecule has 0 spiro atoms. The Balaban J connectivity index is 1.34. The summed E-state index contributed by atoms with van der Waals surface area (Å²) in [7, 11) is 0. The van der Waals surface area contributed by atoms with Crippen LogP contribution in [-0.2, 0) is 35.6 Å². The van der Waals surface area contributed by atoms with Gasteiger partial charge in [0.1, 0.15) is 12.9 Å². The standard InChI is InChI=1S/C21H21N7O2/c29-20(7-6-16-4-2-1-3-5-16)23-12-17-10-18-13-27(9-8-19(18)22-11-17)21(30)14-28-15-24-25-26-28/h1-7,10-11,15H,8-9,12-14H2,(H,23,29)/b7-6+. The minimum Gasteiger partial charge on any atom is -0.348 e. The Labute approximate surface area is 173 Å². The number of hydrogen-bond acceptors (Lipinski definition) is 6. The first kappa shape index (κ1) is 19.4. The molecule has 0 saturated heterocycles. The number of nitrogens with zero attached hydrogens (tertiary/aromatic N) is 6. The van der Waals surface area contributed by atoms with Crippen molar-refractivity contribution in [2.45, 2.75) is 26.1 Å². The second-order valence-electron chi connectivity index (χ2n) is 6.98. The highest BCUT2D eigenvalue weighted by Gasteiger charge is 2.22. The lowest BCUT2D eigenvalue weighted by Crippen LogP contribution is -2.38. The molecule has 1 N–H and O–H groups in total. The molecule has 0 bridgehead atoms. The van der Waals surface area contributed by atoms with Gasteiger partial charge in [-0.25, -0.2) is 4.68 Å². The van der Waals surface area contributed by atoms with Gasteiger partial charge in [-0.05, 0) is 39.3 Å². The van der Waals surface area contributed by atoms with E-state index in [-0.39, 0.29) is 18.4 Å². The molecule has 0 fully saturated rings. The number of tetrazole rings is 1. The highest BCUT2D eigenvalue weighted by Crippen LogP contribution is 2.18. The molecule has 0 aliphatic carbocycles. The Morgan fingerprint density at radius 1 is 1.20 bits per heavy atom. The largest absolute Gasteiger partial charge is 0.348 e. The van der Waals surface area contributed by atoms with Gasteiger partial charge in [-0.3, -0.25) is 14.6 Å². The molecule has 0 saturated carbocycles. The monoisotopic (exact) mass is 403 g/mol. The van der Waals surface area contributed by atoms with Gasteiger partial charge >= 0.3 is 0 Å². The fourth-order valence-corrected chi connectivity index (χ4v) is 3.26. The number of carbonyl (C=O) groups is 2. The molecular weight excluding hydrogens is 382 g/mol. The van der Waals surface area contributed by atoms with Gasteiger partial charge in [0.05, 0.1) is 0 Å². The maximum atomic E-state index is 12.5. The first-order valence-electron chi connectivity index (χ1n) is 9.63. The fraction of sp³-hybridized carbons (Fsp3) is 0.238. The van der Waals surface area contributed by atoms with E-state index in [1.807, 2.05) is 36.4 Å². The smallest absolute Gasteiger partial charge is 0.244 e. The van der Waals surface area contributed by atoms with Crippen LogP contribution in [0.4, 0.5) is 0 Å². The molecule has 0 atom stereocenters. The first-order chi connectivity index (χ1) is 14.7. The summed E-state index contributed by atoms with van der Waals surface area (Å²) in [6.07, 6.45) is 7.18. The van der Waals surface area contributed by atoms with Crippen LogP contribution in [-0.4, -0.2) is 48.5 Å². The first-order valence-corrected chi connectivity index (χ1v) is 9.63. The average molecular weight is 403 g/mol. The number of fused-ring (bicyclic) bond motifs is 1. The van der Waals surface area contributed by atoms with Gasteiger partial charge in [0, 0.05) is 44.0 Å². The average Bonchev–Trinajstić information content (AvgIpc) is 3.29. The predicted octanol–water partition coefficient (Wildman–Crippen LogP) is 0.983. The van der Waals surface area contributed by atoms with E-state index in [1.54, 1.807) is 17.2 Å². The Bertz CT molecular complexity index is 1050. The summed E-state index contributed by atoms with van der Waals surface area (Å²) >= 11 is 0. The molecule has 3 heterocycles. The van der Waals surface area contributed by atoms with Crippen molar-refractivity contribution in [1.82, 2.24) is 35.4 Å². The van der Waals surface area contributed by atoms with Crippen LogP contribution in [0.1, 0.15) is 22.4 Å². The van der Waals surface area contributed by atoms with E-state index in [0.717, 1.165) is 22.4 Å². The number of hydrogen-bond donors (Lipinski definition) is 1. The number of pyridine rings is 1. The maximum Gasteiger partial charge on any atom is 0.244 e. The molecule has 3 aromatic rings. The summed E-state index contributed by atoms with van der Waals surface area (Å²) in [5.41, 5.74) is 3.85. The lowest BCUT2D eigenvalue weighted by molar-refractivity contribution is -0.133. The summed E-state index contributed by atoms with van der Waals surface area (Å²) in [4.78, 5) is 30.9. The van der Waals surface area contributed by atoms with E-state index >= 15 is 0 Å². The van der Waals surface area contributed by atoms with Gasteiger partial charge < -0.3 is 10.2 Å². The van der Waals surface area contributed by atoms with Crippen molar-refractivity contribution in [3.05, 3.63) is 77.4 Å². The molecule has 1 aliphatic rings. The van der Waals surface area contributed by atoms with Crippen LogP contribution in [0.5, 0.6) is 0 Å². The van der Waals surface area contributed by atoms with Crippen LogP contribution in [0.15, 0.2) is 55.0 Å². The van der Waals surface area contributed by atoms with Crippen LogP contribution < -0.4 is 5.32 Å². The van der Waals surface area contributed by atoms with E-state index in [9.17, 15) is 9.59 Å². The van der Waals surface area contributed by atoms with Crippen molar-refractivity contribution in [2.24, 2.45) is 0 Å². The molecule has 9 nitrogen and oxygen atoms in total. The van der Waals surface area contributed by atoms with Gasteiger partial charge in [0.2, 0.25) is 11.8 Å². The third-order valence-electron chi connectivity index (χ3n) is 4.83. The number of nitrogens with one attached hydrogen (secondary N) is 1. The van der Waals surface area contributed by atoms with Gasteiger partial charge in [0.15, 0.2) is 0 Å². The van der Waals surface area contributed by atoms with E-state index in [4.69, 9.17) is 0 Å². The van der Waals surface area contributed by atoms with Crippen molar-refractivity contribution in [3.8, 4) is 0 Å². The van der Waals surface area contributed by atoms with Crippen LogP contribution in [0, 0.1) is 0 Å². The molecule has 30 heavy (non-hydrogen) atoms. The zero-order chi connectivity index (χ0) is 20.8. The summed E-state index contributed by atoms with van der Waals surface area (Å²) in [5.74, 6) is -0.215. The number of rotatable bonds is 6. The highest BCUT2D eigenvalue weighted by molar-refractivity contribution is 5.91. The molecule has 9 heteroatoms. The molecule has 1 aliphatic heterocycles. The quantitative estimate of drug-likeness (QED) is 0.615. The van der Waals surface area contributed by atoms with Crippen molar-refractivity contribution >= 4 is 17.9 Å². The molecule has 0 unspecified atom stereocenters. The molecular formula is C21H21N7O2. The number of aromatic nitrogens is 5. The van der Waals surface area contributed by atoms with Gasteiger partial charge in [0.25, 0.3) is 0 Å². The fourth-order valence-electron chi connectivity index (χ4n) is 3.26. The van der Waals surface area contributed by atoms with Gasteiger partial charge in [-0.2, -0.15) is 0 Å². The third-order valence-corrected chi connectivity index (χ3v) is 4.83. The van der Waals surface area contributed by atoms with Gasteiger partial charge in [-0.15, -0.1) is 5.10 Å². The molecule has 0 radical (unpaired) electrons. The summed E-state index contributed by atoms with van der Waals surface area (Å²) in [5, 5.41) is 13.7. The van der Waals surface area contributed by atoms with Crippen LogP contribution in [0.3, 0.4) is 0 Å². The predicted molar refractivity (Wildman–Crippen MR) is 108 cm³/mol. The van der Waals surface area contributed by atoms with Crippen LogP contribution in [0.25, 0.3) is 6.08 Å². The Hall–Kier alpha value is -3.88. The zero-order valence-corrected chi connectivity index (χ0v) is 16.3. The Morgan fingerprint density at radius 3 is 2.87 bits per heavy atom. The van der Waals surface area contributed by atoms with Crippen molar-refractivity contribution in [1.29, 1.82) is 0 Å². The molecule has 152 valence electrons. The minimum absolute atomic E-state index is 0.0438. The maximum absolute atomic E-state index is 12.5. The number of benzene rings is 1. The van der Waals surface area contributed by atoms with Crippen molar-refractivity contribution in [2.75, 3.05) is 6.54 Å². The molecule has 1 aromatic carbocycles. The van der Waals surface area contributed by atoms with E-state index in [1.165, 1.54) is 17.1 Å². The van der Waals surface area contributed by atoms with Crippen LogP contribution >= 0.6 is 0 Å². The molecule has 4 rings (SSSR count). The van der Waals surface area contributed by atoms with Crippen LogP contribution in [0.2, 0.25) is 0 Å². The molecule has 2 amide bonds. The molecule has 2 aromatic heterocycles. The lowest BCUT2D eigenvalue weighted by atomic mass is 10.0. The summed E-state index contributed by atoms with van der Waals surface area (Å²) in [6, 6.07) is 11.6. The van der Waals surface area contributed by atoms with E-state index in [2.05, 4.69) is 25.8 Å².